The van der Waals surface area contributed by atoms with Crippen LogP contribution in [-0.2, 0) is 28.8 Å². The minimum absolute atomic E-state index is 0.0940. The molecule has 0 unspecified atom stereocenters. The van der Waals surface area contributed by atoms with E-state index < -0.39 is 0 Å². The average molecular weight is 571 g/mol. The minimum atomic E-state index is -0.295. The van der Waals surface area contributed by atoms with Crippen molar-refractivity contribution in [3.05, 3.63) is 52.8 Å². The molecular formula is C35H46N4O3. The summed E-state index contributed by atoms with van der Waals surface area (Å²) in [7, 11) is 0. The summed E-state index contributed by atoms with van der Waals surface area (Å²) >= 11 is 0. The molecule has 1 aliphatic carbocycles. The highest BCUT2D eigenvalue weighted by molar-refractivity contribution is 6.41. The van der Waals surface area contributed by atoms with Crippen molar-refractivity contribution >= 4 is 29.0 Å². The van der Waals surface area contributed by atoms with Crippen molar-refractivity contribution in [2.24, 2.45) is 22.2 Å². The third-order valence-electron chi connectivity index (χ3n) is 10.1. The van der Waals surface area contributed by atoms with E-state index in [1.165, 1.54) is 30.5 Å². The normalized spacial score (nSPS) is 22.0. The van der Waals surface area contributed by atoms with Crippen molar-refractivity contribution in [2.75, 3.05) is 37.7 Å². The number of nitrogens with zero attached hydrogens (tertiary/aromatic N) is 4. The van der Waals surface area contributed by atoms with Gasteiger partial charge in [0.25, 0.3) is 0 Å². The van der Waals surface area contributed by atoms with Crippen LogP contribution < -0.4 is 4.90 Å². The summed E-state index contributed by atoms with van der Waals surface area (Å²) in [4.78, 5) is 39.9. The Hall–Kier alpha value is -3.06. The van der Waals surface area contributed by atoms with Gasteiger partial charge >= 0.3 is 6.09 Å². The Labute approximate surface area is 250 Å². The lowest BCUT2D eigenvalue weighted by molar-refractivity contribution is -0.113. The molecule has 3 aliphatic heterocycles. The fourth-order valence-electron chi connectivity index (χ4n) is 7.07. The van der Waals surface area contributed by atoms with E-state index in [9.17, 15) is 9.59 Å². The van der Waals surface area contributed by atoms with Crippen LogP contribution in [0.1, 0.15) is 88.2 Å². The van der Waals surface area contributed by atoms with Gasteiger partial charge in [0.1, 0.15) is 6.61 Å². The fraction of sp³-hybridized carbons (Fsp3) is 0.600. The molecule has 1 aromatic carbocycles. The summed E-state index contributed by atoms with van der Waals surface area (Å²) in [6, 6.07) is 10.4. The van der Waals surface area contributed by atoms with Crippen molar-refractivity contribution in [3.63, 3.8) is 0 Å². The molecule has 1 aromatic heterocycles. The lowest BCUT2D eigenvalue weighted by Gasteiger charge is -2.34. The number of aryl methyl sites for hydroxylation is 1. The van der Waals surface area contributed by atoms with Crippen LogP contribution in [0.4, 0.5) is 16.2 Å². The number of rotatable bonds is 8. The molecular weight excluding hydrogens is 524 g/mol. The second-order valence-electron chi connectivity index (χ2n) is 14.1. The Morgan fingerprint density at radius 2 is 1.83 bits per heavy atom. The number of pyridine rings is 1. The first kappa shape index (κ1) is 29.0. The largest absolute Gasteiger partial charge is 0.447 e. The lowest BCUT2D eigenvalue weighted by atomic mass is 9.71. The maximum absolute atomic E-state index is 13.8. The van der Waals surface area contributed by atoms with E-state index in [0.29, 0.717) is 37.6 Å². The van der Waals surface area contributed by atoms with Crippen LogP contribution in [0.3, 0.4) is 0 Å². The van der Waals surface area contributed by atoms with Crippen molar-refractivity contribution in [2.45, 2.75) is 85.0 Å². The Balaban J connectivity index is 1.17. The second kappa shape index (κ2) is 11.9. The van der Waals surface area contributed by atoms with Crippen LogP contribution in [0, 0.1) is 17.3 Å². The van der Waals surface area contributed by atoms with E-state index in [2.05, 4.69) is 50.8 Å². The number of likely N-dealkylation sites (tertiary alicyclic amines) is 1. The topological polar surface area (TPSA) is 75.1 Å². The SMILES string of the molecule is CC1CCN(CC[C@@H](CC(=O)C2=Nc3cc4c(nc3C2)CC[C@H](C(C)(C)C)C4)c2ccc(N3CCOC3=O)cc2)CC1. The van der Waals surface area contributed by atoms with Gasteiger partial charge in [-0.2, -0.15) is 0 Å². The summed E-state index contributed by atoms with van der Waals surface area (Å²) in [6.07, 6.45) is 7.31. The van der Waals surface area contributed by atoms with Crippen molar-refractivity contribution in [1.82, 2.24) is 9.88 Å². The number of Topliss-reactive ketones (excluding diaryl/α,β-unsaturated/α-hetero) is 1. The van der Waals surface area contributed by atoms with Gasteiger partial charge in [-0.15, -0.1) is 0 Å². The molecule has 4 aliphatic rings. The molecule has 7 heteroatoms. The Kier molecular flexibility index (Phi) is 8.23. The highest BCUT2D eigenvalue weighted by atomic mass is 16.6. The molecule has 2 fully saturated rings. The molecule has 4 heterocycles. The van der Waals surface area contributed by atoms with Gasteiger partial charge in [-0.25, -0.2) is 9.79 Å². The van der Waals surface area contributed by atoms with Crippen molar-refractivity contribution < 1.29 is 14.3 Å². The zero-order valence-corrected chi connectivity index (χ0v) is 25.8. The minimum Gasteiger partial charge on any atom is -0.447 e. The predicted octanol–water partition coefficient (Wildman–Crippen LogP) is 6.68. The number of carbonyl (C=O) groups excluding carboxylic acids is 2. The summed E-state index contributed by atoms with van der Waals surface area (Å²) in [6.45, 7) is 13.6. The maximum Gasteiger partial charge on any atom is 0.414 e. The number of cyclic esters (lactones) is 1. The van der Waals surface area contributed by atoms with Crippen molar-refractivity contribution in [3.8, 4) is 0 Å². The predicted molar refractivity (Wildman–Crippen MR) is 167 cm³/mol. The maximum atomic E-state index is 13.8. The molecule has 7 nitrogen and oxygen atoms in total. The molecule has 0 bridgehead atoms. The third kappa shape index (κ3) is 6.31. The number of anilines is 1. The smallest absolute Gasteiger partial charge is 0.414 e. The fourth-order valence-corrected chi connectivity index (χ4v) is 7.07. The number of aromatic nitrogens is 1. The highest BCUT2D eigenvalue weighted by Crippen LogP contribution is 2.39. The number of carbonyl (C=O) groups is 2. The number of hydrogen-bond donors (Lipinski definition) is 0. The number of ketones is 1. The van der Waals surface area contributed by atoms with Crippen molar-refractivity contribution in [1.29, 1.82) is 0 Å². The van der Waals surface area contributed by atoms with Gasteiger partial charge in [0.05, 0.1) is 23.6 Å². The monoisotopic (exact) mass is 570 g/mol. The zero-order valence-electron chi connectivity index (χ0n) is 25.8. The summed E-state index contributed by atoms with van der Waals surface area (Å²) in [5.41, 5.74) is 7.29. The van der Waals surface area contributed by atoms with Crippen LogP contribution in [0.5, 0.6) is 0 Å². The van der Waals surface area contributed by atoms with Gasteiger partial charge in [-0.1, -0.05) is 39.8 Å². The van der Waals surface area contributed by atoms with Gasteiger partial charge in [0.2, 0.25) is 0 Å². The molecule has 6 rings (SSSR count). The molecule has 2 aromatic rings. The van der Waals surface area contributed by atoms with Crippen LogP contribution >= 0.6 is 0 Å². The summed E-state index contributed by atoms with van der Waals surface area (Å²) in [5.74, 6) is 1.66. The number of benzene rings is 1. The molecule has 0 saturated carbocycles. The molecule has 0 spiro atoms. The number of amides is 1. The Bertz CT molecular complexity index is 1350. The molecule has 42 heavy (non-hydrogen) atoms. The summed E-state index contributed by atoms with van der Waals surface area (Å²) < 4.78 is 5.12. The van der Waals surface area contributed by atoms with E-state index in [-0.39, 0.29) is 23.2 Å². The first-order chi connectivity index (χ1) is 20.1. The van der Waals surface area contributed by atoms with Crippen LogP contribution in [0.2, 0.25) is 0 Å². The van der Waals surface area contributed by atoms with Crippen LogP contribution in [-0.4, -0.2) is 60.3 Å². The first-order valence-corrected chi connectivity index (χ1v) is 16.0. The number of fused-ring (bicyclic) bond motifs is 2. The molecule has 224 valence electrons. The van der Waals surface area contributed by atoms with E-state index in [0.717, 1.165) is 67.4 Å². The quantitative estimate of drug-likeness (QED) is 0.354. The van der Waals surface area contributed by atoms with Gasteiger partial charge in [-0.05, 0) is 111 Å². The second-order valence-corrected chi connectivity index (χ2v) is 14.1. The van der Waals surface area contributed by atoms with E-state index in [1.54, 1.807) is 4.90 Å². The van der Waals surface area contributed by atoms with Gasteiger partial charge in [0.15, 0.2) is 5.78 Å². The van der Waals surface area contributed by atoms with Crippen LogP contribution in [0.15, 0.2) is 35.3 Å². The standard InChI is InChI=1S/C35H46N4O3/c1-23-11-14-38(15-12-23)16-13-25(24-5-8-28(9-6-24)39-17-18-42-34(39)41)21-33(40)32-22-31-30(37-32)20-26-19-27(35(2,3)4)7-10-29(26)36-31/h5-6,8-9,20,23,25,27H,7,10-19,21-22H2,1-4H3/t25-,27-/m0/s1. The van der Waals surface area contributed by atoms with Gasteiger partial charge in [0, 0.05) is 24.2 Å². The molecule has 1 amide bonds. The van der Waals surface area contributed by atoms with E-state index >= 15 is 0 Å². The number of piperidine rings is 1. The highest BCUT2D eigenvalue weighted by Gasteiger charge is 2.32. The number of hydrogen-bond acceptors (Lipinski definition) is 6. The van der Waals surface area contributed by atoms with E-state index in [1.807, 2.05) is 12.1 Å². The Morgan fingerprint density at radius 1 is 1.07 bits per heavy atom. The first-order valence-electron chi connectivity index (χ1n) is 16.0. The number of ether oxygens (including phenoxy) is 1. The molecule has 0 radical (unpaired) electrons. The number of aliphatic imine (C=N–C) groups is 1. The molecule has 2 saturated heterocycles. The lowest BCUT2D eigenvalue weighted by Crippen LogP contribution is -2.34. The zero-order chi connectivity index (χ0) is 29.4. The molecule has 2 atom stereocenters. The molecule has 0 N–H and O–H groups in total. The Morgan fingerprint density at radius 3 is 2.52 bits per heavy atom. The van der Waals surface area contributed by atoms with Gasteiger partial charge < -0.3 is 9.64 Å². The van der Waals surface area contributed by atoms with Crippen LogP contribution in [0.25, 0.3) is 0 Å². The third-order valence-corrected chi connectivity index (χ3v) is 10.1. The van der Waals surface area contributed by atoms with Gasteiger partial charge in [-0.3, -0.25) is 14.7 Å². The van der Waals surface area contributed by atoms with E-state index in [4.69, 9.17) is 14.7 Å². The summed E-state index contributed by atoms with van der Waals surface area (Å²) in [5, 5.41) is 0. The average Bonchev–Trinajstić information content (AvgIpc) is 3.59.